The third-order valence-corrected chi connectivity index (χ3v) is 5.98. The minimum absolute atomic E-state index is 0.0127. The second kappa shape index (κ2) is 8.22. The van der Waals surface area contributed by atoms with Crippen LogP contribution >= 0.6 is 0 Å². The lowest BCUT2D eigenvalue weighted by Crippen LogP contribution is -2.50. The van der Waals surface area contributed by atoms with Crippen LogP contribution in [0.3, 0.4) is 0 Å². The Balaban J connectivity index is 1.40. The smallest absolute Gasteiger partial charge is 0.433 e. The van der Waals surface area contributed by atoms with Crippen LogP contribution in [0.1, 0.15) is 43.9 Å². The molecule has 2 aromatic heterocycles. The molecular weight excluding hydrogens is 423 g/mol. The predicted octanol–water partition coefficient (Wildman–Crippen LogP) is 4.01. The molecule has 0 saturated heterocycles. The van der Waals surface area contributed by atoms with Crippen molar-refractivity contribution < 1.29 is 22.7 Å². The third-order valence-electron chi connectivity index (χ3n) is 5.98. The van der Waals surface area contributed by atoms with Crippen molar-refractivity contribution >= 4 is 17.4 Å². The Kier molecular flexibility index (Phi) is 5.72. The van der Waals surface area contributed by atoms with Gasteiger partial charge in [-0.2, -0.15) is 13.2 Å². The van der Waals surface area contributed by atoms with Gasteiger partial charge in [-0.3, -0.25) is 4.79 Å². The third kappa shape index (κ3) is 4.35. The van der Waals surface area contributed by atoms with Crippen LogP contribution in [-0.4, -0.2) is 40.1 Å². The average Bonchev–Trinajstić information content (AvgIpc) is 2.66. The van der Waals surface area contributed by atoms with Gasteiger partial charge < -0.3 is 15.0 Å². The maximum atomic E-state index is 12.8. The van der Waals surface area contributed by atoms with Crippen molar-refractivity contribution in [2.75, 3.05) is 17.3 Å². The number of fused-ring (bicyclic) bond motifs is 1. The molecule has 32 heavy (non-hydrogen) atoms. The maximum absolute atomic E-state index is 12.8. The SMILES string of the molecule is Cc1nc(CC2CC(Oc3cccc(C(F)(F)F)n3)C2)nc2c1NC(=O)[C@H](C(C)C)N2C. The van der Waals surface area contributed by atoms with E-state index < -0.39 is 11.9 Å². The van der Waals surface area contributed by atoms with Crippen molar-refractivity contribution in [1.29, 1.82) is 0 Å². The molecule has 7 nitrogen and oxygen atoms in total. The lowest BCUT2D eigenvalue weighted by molar-refractivity contribution is -0.141. The van der Waals surface area contributed by atoms with Crippen molar-refractivity contribution in [3.63, 3.8) is 0 Å². The number of carbonyl (C=O) groups excluding carboxylic acids is 1. The Morgan fingerprint density at radius 1 is 1.22 bits per heavy atom. The maximum Gasteiger partial charge on any atom is 0.433 e. The second-order valence-corrected chi connectivity index (χ2v) is 8.85. The fourth-order valence-corrected chi connectivity index (χ4v) is 4.37. The van der Waals surface area contributed by atoms with Crippen LogP contribution in [-0.2, 0) is 17.4 Å². The molecule has 1 fully saturated rings. The van der Waals surface area contributed by atoms with Crippen LogP contribution in [0.25, 0.3) is 0 Å². The van der Waals surface area contributed by atoms with E-state index in [0.717, 1.165) is 6.07 Å². The number of anilines is 2. The number of likely N-dealkylation sites (N-methyl/N-ethyl adjacent to an activating group) is 1. The quantitative estimate of drug-likeness (QED) is 0.743. The summed E-state index contributed by atoms with van der Waals surface area (Å²) >= 11 is 0. The molecule has 2 aromatic rings. The number of carbonyl (C=O) groups is 1. The van der Waals surface area contributed by atoms with Crippen LogP contribution in [0, 0.1) is 18.8 Å². The molecule has 0 spiro atoms. The molecular formula is C22H26F3N5O2. The van der Waals surface area contributed by atoms with Gasteiger partial charge in [-0.25, -0.2) is 15.0 Å². The van der Waals surface area contributed by atoms with Gasteiger partial charge in [0.1, 0.15) is 29.4 Å². The summed E-state index contributed by atoms with van der Waals surface area (Å²) in [5, 5.41) is 2.94. The van der Waals surface area contributed by atoms with Crippen LogP contribution in [0.2, 0.25) is 0 Å². The highest BCUT2D eigenvalue weighted by atomic mass is 19.4. The van der Waals surface area contributed by atoms with Crippen molar-refractivity contribution in [1.82, 2.24) is 15.0 Å². The zero-order valence-electron chi connectivity index (χ0n) is 18.4. The topological polar surface area (TPSA) is 80.2 Å². The van der Waals surface area contributed by atoms with Crippen molar-refractivity contribution in [2.45, 2.75) is 58.4 Å². The minimum Gasteiger partial charge on any atom is -0.474 e. The van der Waals surface area contributed by atoms with Gasteiger partial charge in [0.05, 0.1) is 5.69 Å². The standard InChI is InChI=1S/C22H26F3N5O2/c1-11(2)19-21(31)29-18-12(3)26-16(28-20(18)30(19)4)10-13-8-14(9-13)32-17-7-5-6-15(27-17)22(23,24)25/h5-7,11,13-14,19H,8-10H2,1-4H3,(H,29,31)/t13?,14?,19-/m0/s1. The largest absolute Gasteiger partial charge is 0.474 e. The molecule has 1 aliphatic carbocycles. The first-order chi connectivity index (χ1) is 15.0. The van der Waals surface area contributed by atoms with E-state index in [-0.39, 0.29) is 35.8 Å². The number of hydrogen-bond donors (Lipinski definition) is 1. The monoisotopic (exact) mass is 449 g/mol. The number of aryl methyl sites for hydroxylation is 1. The molecule has 1 saturated carbocycles. The number of nitrogens with one attached hydrogen (secondary N) is 1. The van der Waals surface area contributed by atoms with E-state index in [2.05, 4.69) is 15.3 Å². The van der Waals surface area contributed by atoms with E-state index in [4.69, 9.17) is 9.72 Å². The fourth-order valence-electron chi connectivity index (χ4n) is 4.37. The molecule has 172 valence electrons. The highest BCUT2D eigenvalue weighted by Crippen LogP contribution is 2.37. The van der Waals surface area contributed by atoms with Crippen molar-refractivity contribution in [2.24, 2.45) is 11.8 Å². The van der Waals surface area contributed by atoms with Crippen LogP contribution in [0.5, 0.6) is 5.88 Å². The summed E-state index contributed by atoms with van der Waals surface area (Å²) < 4.78 is 44.1. The molecule has 2 aliphatic rings. The summed E-state index contributed by atoms with van der Waals surface area (Å²) in [7, 11) is 1.87. The Morgan fingerprint density at radius 2 is 1.94 bits per heavy atom. The van der Waals surface area contributed by atoms with E-state index in [1.165, 1.54) is 12.1 Å². The number of pyridine rings is 1. The first-order valence-electron chi connectivity index (χ1n) is 10.6. The van der Waals surface area contributed by atoms with Gasteiger partial charge in [-0.15, -0.1) is 0 Å². The number of amides is 1. The van der Waals surface area contributed by atoms with Gasteiger partial charge in [0.15, 0.2) is 5.82 Å². The van der Waals surface area contributed by atoms with E-state index >= 15 is 0 Å². The summed E-state index contributed by atoms with van der Waals surface area (Å²) in [6.07, 6.45) is -2.65. The normalized spacial score (nSPS) is 22.9. The minimum atomic E-state index is -4.50. The molecule has 1 atom stereocenters. The van der Waals surface area contributed by atoms with Gasteiger partial charge in [0, 0.05) is 19.5 Å². The number of ether oxygens (including phenoxy) is 1. The van der Waals surface area contributed by atoms with Crippen molar-refractivity contribution in [3.8, 4) is 5.88 Å². The predicted molar refractivity (Wildman–Crippen MR) is 113 cm³/mol. The van der Waals surface area contributed by atoms with Crippen LogP contribution < -0.4 is 15.0 Å². The van der Waals surface area contributed by atoms with Gasteiger partial charge in [-0.1, -0.05) is 19.9 Å². The van der Waals surface area contributed by atoms with Crippen molar-refractivity contribution in [3.05, 3.63) is 35.4 Å². The summed E-state index contributed by atoms with van der Waals surface area (Å²) in [6, 6.07) is 3.36. The molecule has 4 rings (SSSR count). The number of halogens is 3. The van der Waals surface area contributed by atoms with E-state index in [1.807, 2.05) is 32.7 Å². The van der Waals surface area contributed by atoms with Crippen LogP contribution in [0.15, 0.2) is 18.2 Å². The van der Waals surface area contributed by atoms with Crippen LogP contribution in [0.4, 0.5) is 24.7 Å². The molecule has 0 unspecified atom stereocenters. The Hall–Kier alpha value is -2.91. The number of alkyl halides is 3. The molecule has 0 bridgehead atoms. The molecule has 3 heterocycles. The average molecular weight is 449 g/mol. The van der Waals surface area contributed by atoms with Gasteiger partial charge in [0.2, 0.25) is 11.8 Å². The zero-order valence-corrected chi connectivity index (χ0v) is 18.4. The number of nitrogens with zero attached hydrogens (tertiary/aromatic N) is 4. The van der Waals surface area contributed by atoms with Gasteiger partial charge in [-0.05, 0) is 37.7 Å². The number of hydrogen-bond acceptors (Lipinski definition) is 6. The van der Waals surface area contributed by atoms with E-state index in [0.29, 0.717) is 42.3 Å². The Morgan fingerprint density at radius 3 is 2.59 bits per heavy atom. The summed E-state index contributed by atoms with van der Waals surface area (Å²) in [4.78, 5) is 27.2. The molecule has 10 heteroatoms. The highest BCUT2D eigenvalue weighted by molar-refractivity contribution is 6.03. The molecule has 1 N–H and O–H groups in total. The first-order valence-corrected chi connectivity index (χ1v) is 10.6. The summed E-state index contributed by atoms with van der Waals surface area (Å²) in [5.41, 5.74) is 0.399. The molecule has 1 aliphatic heterocycles. The fraction of sp³-hybridized carbons (Fsp3) is 0.545. The zero-order chi connectivity index (χ0) is 23.2. The van der Waals surface area contributed by atoms with E-state index in [9.17, 15) is 18.0 Å². The Bertz CT molecular complexity index is 1020. The lowest BCUT2D eigenvalue weighted by atomic mass is 9.80. The molecule has 0 aromatic carbocycles. The summed E-state index contributed by atoms with van der Waals surface area (Å²) in [6.45, 7) is 5.84. The number of rotatable bonds is 5. The lowest BCUT2D eigenvalue weighted by Gasteiger charge is -2.37. The van der Waals surface area contributed by atoms with E-state index in [1.54, 1.807) is 0 Å². The first kappa shape index (κ1) is 22.3. The van der Waals surface area contributed by atoms with Gasteiger partial charge in [0.25, 0.3) is 0 Å². The number of aromatic nitrogens is 3. The highest BCUT2D eigenvalue weighted by Gasteiger charge is 2.37. The Labute approximate surface area is 184 Å². The van der Waals surface area contributed by atoms with Gasteiger partial charge >= 0.3 is 6.18 Å². The molecule has 0 radical (unpaired) electrons. The second-order valence-electron chi connectivity index (χ2n) is 8.85. The molecule has 1 amide bonds. The summed E-state index contributed by atoms with van der Waals surface area (Å²) in [5.74, 6) is 1.73.